The molecule has 1 heterocycles. The molecule has 2 aromatic rings. The zero-order valence-electron chi connectivity index (χ0n) is 13.7. The summed E-state index contributed by atoms with van der Waals surface area (Å²) in [6, 6.07) is 10.4. The Hall–Kier alpha value is -3.04. The Morgan fingerprint density at radius 1 is 0.962 bits per heavy atom. The highest BCUT2D eigenvalue weighted by Crippen LogP contribution is 2.13. The summed E-state index contributed by atoms with van der Waals surface area (Å²) in [7, 11) is 0. The van der Waals surface area contributed by atoms with Crippen LogP contribution in [0.15, 0.2) is 53.2 Å². The van der Waals surface area contributed by atoms with Crippen LogP contribution in [0.4, 0.5) is 11.4 Å². The molecule has 0 saturated carbocycles. The minimum atomic E-state index is -0.377. The van der Waals surface area contributed by atoms with Crippen LogP contribution in [0.5, 0.6) is 0 Å². The van der Waals surface area contributed by atoms with Crippen molar-refractivity contribution < 1.29 is 14.0 Å². The number of anilines is 2. The van der Waals surface area contributed by atoms with Crippen molar-refractivity contribution in [3.8, 4) is 0 Å². The Morgan fingerprint density at radius 3 is 2.04 bits per heavy atom. The van der Waals surface area contributed by atoms with Crippen molar-refractivity contribution in [3.63, 3.8) is 0 Å². The molecular weight excluding hydrogens is 372 g/mol. The predicted molar refractivity (Wildman–Crippen MR) is 109 cm³/mol. The normalized spacial score (nSPS) is 10.2. The van der Waals surface area contributed by atoms with Crippen LogP contribution in [0.25, 0.3) is 6.08 Å². The molecule has 0 radical (unpaired) electrons. The van der Waals surface area contributed by atoms with E-state index in [1.54, 1.807) is 36.4 Å². The van der Waals surface area contributed by atoms with Gasteiger partial charge >= 0.3 is 0 Å². The zero-order chi connectivity index (χ0) is 18.9. The molecule has 4 N–H and O–H groups in total. The summed E-state index contributed by atoms with van der Waals surface area (Å²) >= 11 is 10.1. The number of hydrogen-bond acceptors (Lipinski definition) is 5. The number of furan rings is 1. The van der Waals surface area contributed by atoms with Crippen LogP contribution in [0.3, 0.4) is 0 Å². The van der Waals surface area contributed by atoms with Crippen molar-refractivity contribution in [1.82, 2.24) is 10.6 Å². The van der Waals surface area contributed by atoms with Gasteiger partial charge in [-0.15, -0.1) is 0 Å². The maximum absolute atomic E-state index is 11.8. The first-order valence-electron chi connectivity index (χ1n) is 7.44. The molecule has 0 bridgehead atoms. The number of thiocarbonyl (C=S) groups is 2. The summed E-state index contributed by atoms with van der Waals surface area (Å²) in [5.41, 5.74) is 1.38. The second kappa shape index (κ2) is 9.44. The van der Waals surface area contributed by atoms with Gasteiger partial charge in [-0.25, -0.2) is 0 Å². The molecular formula is C17H16N4O3S2. The van der Waals surface area contributed by atoms with Crippen molar-refractivity contribution in [2.75, 3.05) is 10.6 Å². The van der Waals surface area contributed by atoms with Gasteiger partial charge in [-0.1, -0.05) is 0 Å². The monoisotopic (exact) mass is 388 g/mol. The quantitative estimate of drug-likeness (QED) is 0.472. The summed E-state index contributed by atoms with van der Waals surface area (Å²) in [4.78, 5) is 22.7. The van der Waals surface area contributed by atoms with Crippen molar-refractivity contribution in [1.29, 1.82) is 0 Å². The van der Waals surface area contributed by atoms with E-state index in [0.29, 0.717) is 17.1 Å². The van der Waals surface area contributed by atoms with Gasteiger partial charge in [0.25, 0.3) is 0 Å². The van der Waals surface area contributed by atoms with Crippen LogP contribution < -0.4 is 21.3 Å². The Bertz CT molecular complexity index is 830. The largest absolute Gasteiger partial charge is 0.465 e. The maximum Gasteiger partial charge on any atom is 0.250 e. The van der Waals surface area contributed by atoms with Gasteiger partial charge in [0.15, 0.2) is 10.2 Å². The second-order valence-corrected chi connectivity index (χ2v) is 5.82. The lowest BCUT2D eigenvalue weighted by Gasteiger charge is -2.10. The molecule has 0 aliphatic carbocycles. The van der Waals surface area contributed by atoms with Gasteiger partial charge in [0.1, 0.15) is 5.76 Å². The lowest BCUT2D eigenvalue weighted by molar-refractivity contribution is -0.117. The molecule has 0 unspecified atom stereocenters. The van der Waals surface area contributed by atoms with Crippen molar-refractivity contribution in [3.05, 3.63) is 54.5 Å². The second-order valence-electron chi connectivity index (χ2n) is 5.00. The van der Waals surface area contributed by atoms with Gasteiger partial charge in [0.2, 0.25) is 11.8 Å². The lowest BCUT2D eigenvalue weighted by Crippen LogP contribution is -2.33. The minimum Gasteiger partial charge on any atom is -0.465 e. The van der Waals surface area contributed by atoms with E-state index in [1.807, 2.05) is 0 Å². The number of nitrogens with one attached hydrogen (secondary N) is 4. The molecule has 0 aliphatic heterocycles. The van der Waals surface area contributed by atoms with Crippen LogP contribution in [-0.2, 0) is 9.59 Å². The molecule has 1 aromatic carbocycles. The number of benzene rings is 1. The first-order valence-corrected chi connectivity index (χ1v) is 8.26. The van der Waals surface area contributed by atoms with Crippen LogP contribution >= 0.6 is 24.4 Å². The molecule has 1 aromatic heterocycles. The third-order valence-electron chi connectivity index (χ3n) is 2.87. The Balaban J connectivity index is 1.82. The van der Waals surface area contributed by atoms with Crippen LogP contribution in [0.1, 0.15) is 12.7 Å². The van der Waals surface area contributed by atoms with E-state index in [-0.39, 0.29) is 22.0 Å². The average molecular weight is 388 g/mol. The van der Waals surface area contributed by atoms with Crippen molar-refractivity contribution in [2.45, 2.75) is 6.92 Å². The van der Waals surface area contributed by atoms with Crippen LogP contribution in [0.2, 0.25) is 0 Å². The zero-order valence-corrected chi connectivity index (χ0v) is 15.4. The molecule has 0 spiro atoms. The summed E-state index contributed by atoms with van der Waals surface area (Å²) in [6.07, 6.45) is 4.38. The molecule has 7 nitrogen and oxygen atoms in total. The number of rotatable bonds is 4. The van der Waals surface area contributed by atoms with E-state index in [9.17, 15) is 9.59 Å². The Morgan fingerprint density at radius 2 is 1.54 bits per heavy atom. The van der Waals surface area contributed by atoms with Crippen molar-refractivity contribution in [2.24, 2.45) is 0 Å². The van der Waals surface area contributed by atoms with E-state index in [0.717, 1.165) is 0 Å². The third-order valence-corrected chi connectivity index (χ3v) is 3.28. The fourth-order valence-electron chi connectivity index (χ4n) is 1.82. The van der Waals surface area contributed by atoms with Gasteiger partial charge in [-0.05, 0) is 66.9 Å². The Kier molecular flexibility index (Phi) is 7.01. The highest BCUT2D eigenvalue weighted by Gasteiger charge is 2.03. The van der Waals surface area contributed by atoms with Gasteiger partial charge < -0.3 is 20.4 Å². The van der Waals surface area contributed by atoms with E-state index in [4.69, 9.17) is 28.9 Å². The third kappa shape index (κ3) is 6.83. The number of carbonyl (C=O) groups excluding carboxylic acids is 2. The van der Waals surface area contributed by atoms with Gasteiger partial charge in [-0.3, -0.25) is 14.9 Å². The minimum absolute atomic E-state index is 0.161. The highest BCUT2D eigenvalue weighted by atomic mass is 32.1. The van der Waals surface area contributed by atoms with Gasteiger partial charge in [0.05, 0.1) is 6.26 Å². The molecule has 0 aliphatic rings. The first-order chi connectivity index (χ1) is 12.4. The predicted octanol–water partition coefficient (Wildman–Crippen LogP) is 2.64. The summed E-state index contributed by atoms with van der Waals surface area (Å²) in [5, 5.41) is 11.1. The fraction of sp³-hybridized carbons (Fsp3) is 0.0588. The molecule has 2 amide bonds. The standard InChI is InChI=1S/C17H16N4O3S2/c1-11(22)18-16(25)19-12-4-6-13(7-5-12)20-17(26)21-15(23)9-8-14-3-2-10-24-14/h2-10H,1H3,(H2,18,19,22,25)(H2,20,21,23,26)/b9-8+. The van der Waals surface area contributed by atoms with Gasteiger partial charge in [0, 0.05) is 24.4 Å². The topological polar surface area (TPSA) is 95.4 Å². The Labute approximate surface area is 160 Å². The SMILES string of the molecule is CC(=O)NC(=S)Nc1ccc(NC(=S)NC(=O)/C=C/c2ccco2)cc1. The summed E-state index contributed by atoms with van der Waals surface area (Å²) < 4.78 is 5.09. The van der Waals surface area contributed by atoms with E-state index < -0.39 is 0 Å². The molecule has 2 rings (SSSR count). The number of carbonyl (C=O) groups is 2. The smallest absolute Gasteiger partial charge is 0.250 e. The van der Waals surface area contributed by atoms with Crippen molar-refractivity contribution >= 4 is 63.9 Å². The molecule has 0 atom stereocenters. The molecule has 26 heavy (non-hydrogen) atoms. The lowest BCUT2D eigenvalue weighted by atomic mass is 10.3. The van der Waals surface area contributed by atoms with E-state index >= 15 is 0 Å². The van der Waals surface area contributed by atoms with E-state index in [2.05, 4.69) is 21.3 Å². The fourth-order valence-corrected chi connectivity index (χ4v) is 2.30. The maximum atomic E-state index is 11.8. The van der Waals surface area contributed by atoms with E-state index in [1.165, 1.54) is 25.3 Å². The molecule has 0 fully saturated rings. The van der Waals surface area contributed by atoms with Crippen LogP contribution in [-0.4, -0.2) is 22.0 Å². The highest BCUT2D eigenvalue weighted by molar-refractivity contribution is 7.80. The number of hydrogen-bond donors (Lipinski definition) is 4. The molecule has 134 valence electrons. The summed E-state index contributed by atoms with van der Waals surface area (Å²) in [6.45, 7) is 1.38. The first kappa shape index (κ1) is 19.3. The summed E-state index contributed by atoms with van der Waals surface area (Å²) in [5.74, 6) is -0.0555. The molecule has 0 saturated heterocycles. The van der Waals surface area contributed by atoms with Gasteiger partial charge in [-0.2, -0.15) is 0 Å². The molecule has 9 heteroatoms. The van der Waals surface area contributed by atoms with Crippen LogP contribution in [0, 0.1) is 0 Å². The average Bonchev–Trinajstić information content (AvgIpc) is 3.07. The number of amides is 2.